The number of aromatic nitrogens is 1. The number of nitrogens with zero attached hydrogens (tertiary/aromatic N) is 2. The standard InChI is InChI=1S/C22H21N3O4/c1-12-5-8-16(29-12)15(11-18(26)24-17-4-2-3-9-23-17)25-21(27)19-13-6-7-14(10-13)20(19)22(25)28/h2-9,13-15,19-20H,10-11H2,1H3,(H,23,24,26). The molecule has 2 fully saturated rings. The van der Waals surface area contributed by atoms with Gasteiger partial charge in [-0.3, -0.25) is 19.3 Å². The Balaban J connectivity index is 1.43. The van der Waals surface area contributed by atoms with Gasteiger partial charge in [0.1, 0.15) is 23.4 Å². The van der Waals surface area contributed by atoms with Crippen LogP contribution in [0.15, 0.2) is 53.1 Å². The predicted octanol–water partition coefficient (Wildman–Crippen LogP) is 2.86. The minimum Gasteiger partial charge on any atom is -0.464 e. The number of carbonyl (C=O) groups is 3. The van der Waals surface area contributed by atoms with Gasteiger partial charge >= 0.3 is 0 Å². The van der Waals surface area contributed by atoms with Gasteiger partial charge in [0, 0.05) is 6.20 Å². The Morgan fingerprint density at radius 2 is 1.90 bits per heavy atom. The lowest BCUT2D eigenvalue weighted by atomic mass is 9.85. The molecule has 2 aromatic rings. The maximum absolute atomic E-state index is 13.2. The van der Waals surface area contributed by atoms with Gasteiger partial charge in [0.25, 0.3) is 0 Å². The van der Waals surface area contributed by atoms with Gasteiger partial charge in [0.05, 0.1) is 18.3 Å². The van der Waals surface area contributed by atoms with Gasteiger partial charge in [-0.05, 0) is 49.4 Å². The van der Waals surface area contributed by atoms with E-state index >= 15 is 0 Å². The maximum atomic E-state index is 13.2. The summed E-state index contributed by atoms with van der Waals surface area (Å²) >= 11 is 0. The summed E-state index contributed by atoms with van der Waals surface area (Å²) in [6.07, 6.45) is 6.48. The highest BCUT2D eigenvalue weighted by atomic mass is 16.3. The molecule has 3 heterocycles. The fraction of sp³-hybridized carbons (Fsp3) is 0.364. The monoisotopic (exact) mass is 391 g/mol. The molecule has 2 bridgehead atoms. The van der Waals surface area contributed by atoms with Crippen LogP contribution in [0.5, 0.6) is 0 Å². The first kappa shape index (κ1) is 17.8. The molecule has 7 nitrogen and oxygen atoms in total. The number of furan rings is 1. The van der Waals surface area contributed by atoms with Gasteiger partial charge in [0.15, 0.2) is 0 Å². The summed E-state index contributed by atoms with van der Waals surface area (Å²) in [5.74, 6) is 0.428. The van der Waals surface area contributed by atoms with Crippen LogP contribution in [-0.2, 0) is 14.4 Å². The van der Waals surface area contributed by atoms with Gasteiger partial charge in [-0.15, -0.1) is 0 Å². The third-order valence-electron chi connectivity index (χ3n) is 6.22. The first-order valence-electron chi connectivity index (χ1n) is 9.85. The molecule has 5 rings (SSSR count). The zero-order valence-corrected chi connectivity index (χ0v) is 15.9. The normalized spacial score (nSPS) is 28.1. The van der Waals surface area contributed by atoms with Crippen molar-refractivity contribution in [3.8, 4) is 0 Å². The lowest BCUT2D eigenvalue weighted by molar-refractivity contribution is -0.144. The smallest absolute Gasteiger partial charge is 0.234 e. The second kappa shape index (κ2) is 6.69. The van der Waals surface area contributed by atoms with Crippen molar-refractivity contribution in [2.75, 3.05) is 5.32 Å². The lowest BCUT2D eigenvalue weighted by Crippen LogP contribution is -2.38. The molecule has 1 N–H and O–H groups in total. The molecule has 1 aliphatic heterocycles. The highest BCUT2D eigenvalue weighted by molar-refractivity contribution is 6.07. The number of likely N-dealkylation sites (tertiary alicyclic amines) is 1. The predicted molar refractivity (Wildman–Crippen MR) is 103 cm³/mol. The number of carbonyl (C=O) groups excluding carboxylic acids is 3. The first-order valence-corrected chi connectivity index (χ1v) is 9.85. The fourth-order valence-corrected chi connectivity index (χ4v) is 4.99. The summed E-state index contributed by atoms with van der Waals surface area (Å²) in [5.41, 5.74) is 0. The van der Waals surface area contributed by atoms with E-state index < -0.39 is 6.04 Å². The summed E-state index contributed by atoms with van der Waals surface area (Å²) in [7, 11) is 0. The van der Waals surface area contributed by atoms with Crippen LogP contribution in [0.4, 0.5) is 5.82 Å². The van der Waals surface area contributed by atoms with Crippen molar-refractivity contribution in [3.05, 3.63) is 60.2 Å². The molecule has 148 valence electrons. The van der Waals surface area contributed by atoms with Crippen LogP contribution >= 0.6 is 0 Å². The van der Waals surface area contributed by atoms with Crippen LogP contribution in [-0.4, -0.2) is 27.6 Å². The maximum Gasteiger partial charge on any atom is 0.234 e. The third-order valence-corrected chi connectivity index (χ3v) is 6.22. The highest BCUT2D eigenvalue weighted by Crippen LogP contribution is 2.54. The number of nitrogens with one attached hydrogen (secondary N) is 1. The van der Waals surface area contributed by atoms with Gasteiger partial charge < -0.3 is 9.73 Å². The number of imide groups is 1. The SMILES string of the molecule is Cc1ccc(C(CC(=O)Nc2ccccn2)N2C(=O)C3C4C=CC(C4)C3C2=O)o1. The number of pyridine rings is 1. The van der Waals surface area contributed by atoms with Crippen LogP contribution in [0.2, 0.25) is 0 Å². The van der Waals surface area contributed by atoms with Gasteiger partial charge in [-0.2, -0.15) is 0 Å². The second-order valence-electron chi connectivity index (χ2n) is 7.98. The minimum absolute atomic E-state index is 0.0801. The lowest BCUT2D eigenvalue weighted by Gasteiger charge is -2.26. The first-order chi connectivity index (χ1) is 14.0. The van der Waals surface area contributed by atoms with E-state index in [-0.39, 0.29) is 47.8 Å². The van der Waals surface area contributed by atoms with Crippen molar-refractivity contribution in [2.45, 2.75) is 25.8 Å². The van der Waals surface area contributed by atoms with E-state index in [1.54, 1.807) is 43.5 Å². The quantitative estimate of drug-likeness (QED) is 0.625. The molecule has 2 aromatic heterocycles. The van der Waals surface area contributed by atoms with Crippen LogP contribution in [0, 0.1) is 30.6 Å². The topological polar surface area (TPSA) is 92.5 Å². The number of fused-ring (bicyclic) bond motifs is 5. The van der Waals surface area contributed by atoms with E-state index in [0.29, 0.717) is 17.3 Å². The molecule has 29 heavy (non-hydrogen) atoms. The Morgan fingerprint density at radius 3 is 2.48 bits per heavy atom. The average molecular weight is 391 g/mol. The van der Waals surface area contributed by atoms with Crippen LogP contribution < -0.4 is 5.32 Å². The van der Waals surface area contributed by atoms with E-state index in [9.17, 15) is 14.4 Å². The molecule has 1 saturated heterocycles. The van der Waals surface area contributed by atoms with Crippen molar-refractivity contribution < 1.29 is 18.8 Å². The molecular weight excluding hydrogens is 370 g/mol. The van der Waals surface area contributed by atoms with E-state index in [0.717, 1.165) is 6.42 Å². The Hall–Kier alpha value is -3.22. The number of rotatable bonds is 5. The molecule has 2 aliphatic carbocycles. The number of hydrogen-bond acceptors (Lipinski definition) is 5. The van der Waals surface area contributed by atoms with Crippen molar-refractivity contribution in [1.29, 1.82) is 0 Å². The Bertz CT molecular complexity index is 982. The Kier molecular flexibility index (Phi) is 4.12. The van der Waals surface area contributed by atoms with E-state index in [1.807, 2.05) is 0 Å². The molecule has 3 aliphatic rings. The second-order valence-corrected chi connectivity index (χ2v) is 7.98. The molecule has 0 spiro atoms. The van der Waals surface area contributed by atoms with Gasteiger partial charge in [-0.1, -0.05) is 18.2 Å². The van der Waals surface area contributed by atoms with Crippen molar-refractivity contribution in [1.82, 2.24) is 9.88 Å². The van der Waals surface area contributed by atoms with Gasteiger partial charge in [0.2, 0.25) is 17.7 Å². The van der Waals surface area contributed by atoms with E-state index in [1.165, 1.54) is 4.90 Å². The zero-order valence-electron chi connectivity index (χ0n) is 15.9. The van der Waals surface area contributed by atoms with Crippen molar-refractivity contribution in [3.63, 3.8) is 0 Å². The summed E-state index contributed by atoms with van der Waals surface area (Å²) in [4.78, 5) is 44.5. The molecular formula is C22H21N3O4. The summed E-state index contributed by atoms with van der Waals surface area (Å²) < 4.78 is 5.74. The number of aryl methyl sites for hydroxylation is 1. The highest BCUT2D eigenvalue weighted by Gasteiger charge is 2.60. The molecule has 5 atom stereocenters. The van der Waals surface area contributed by atoms with Gasteiger partial charge in [-0.25, -0.2) is 4.98 Å². The Labute approximate surface area is 167 Å². The summed E-state index contributed by atoms with van der Waals surface area (Å²) in [6.45, 7) is 1.79. The van der Waals surface area contributed by atoms with Crippen LogP contribution in [0.1, 0.15) is 30.4 Å². The van der Waals surface area contributed by atoms with Crippen LogP contribution in [0.25, 0.3) is 0 Å². The number of anilines is 1. The van der Waals surface area contributed by atoms with Crippen LogP contribution in [0.3, 0.4) is 0 Å². The van der Waals surface area contributed by atoms with Crippen molar-refractivity contribution in [2.24, 2.45) is 23.7 Å². The Morgan fingerprint density at radius 1 is 1.17 bits per heavy atom. The molecule has 0 radical (unpaired) electrons. The molecule has 7 heteroatoms. The molecule has 5 unspecified atom stereocenters. The fourth-order valence-electron chi connectivity index (χ4n) is 4.99. The number of amides is 3. The number of hydrogen-bond donors (Lipinski definition) is 1. The summed E-state index contributed by atoms with van der Waals surface area (Å²) in [5, 5.41) is 2.73. The zero-order chi connectivity index (χ0) is 20.1. The van der Waals surface area contributed by atoms with Crippen molar-refractivity contribution >= 4 is 23.5 Å². The van der Waals surface area contributed by atoms with E-state index in [4.69, 9.17) is 4.42 Å². The molecule has 3 amide bonds. The largest absolute Gasteiger partial charge is 0.464 e. The van der Waals surface area contributed by atoms with E-state index in [2.05, 4.69) is 22.5 Å². The average Bonchev–Trinajstić information content (AvgIpc) is 3.46. The minimum atomic E-state index is -0.766. The molecule has 0 aromatic carbocycles. The molecule has 1 saturated carbocycles. The third kappa shape index (κ3) is 2.88. The summed E-state index contributed by atoms with van der Waals surface area (Å²) in [6, 6.07) is 7.95. The number of allylic oxidation sites excluding steroid dienone is 2.